The smallest absolute Gasteiger partial charge is 0.256 e. The molecule has 1 aromatic carbocycles. The normalized spacial score (nSPS) is 10.0. The maximum Gasteiger partial charge on any atom is 0.256 e. The summed E-state index contributed by atoms with van der Waals surface area (Å²) in [6, 6.07) is 8.85. The van der Waals surface area contributed by atoms with Gasteiger partial charge in [0.05, 0.1) is 0 Å². The molecule has 2 rings (SSSR count). The fraction of sp³-hybridized carbons (Fsp3) is 0.0833. The van der Waals surface area contributed by atoms with E-state index < -0.39 is 0 Å². The minimum Gasteiger partial charge on any atom is -0.306 e. The Kier molecular flexibility index (Phi) is 3.35. The van der Waals surface area contributed by atoms with Crippen LogP contribution in [0, 0.1) is 6.92 Å². The second kappa shape index (κ2) is 4.93. The van der Waals surface area contributed by atoms with Crippen LogP contribution in [0.3, 0.4) is 0 Å². The summed E-state index contributed by atoms with van der Waals surface area (Å²) in [5.41, 5.74) is 1.68. The lowest BCUT2D eigenvalue weighted by Crippen LogP contribution is -2.13. The van der Waals surface area contributed by atoms with Gasteiger partial charge in [0.1, 0.15) is 5.82 Å². The Morgan fingerprint density at radius 2 is 1.94 bits per heavy atom. The van der Waals surface area contributed by atoms with Crippen molar-refractivity contribution in [3.8, 4) is 0 Å². The van der Waals surface area contributed by atoms with Crippen LogP contribution in [0.2, 0.25) is 5.28 Å². The SMILES string of the molecule is Cc1ccc(C(=O)Nc2ccnc(Cl)n2)cc1. The number of halogens is 1. The number of hydrogen-bond acceptors (Lipinski definition) is 3. The Labute approximate surface area is 104 Å². The summed E-state index contributed by atoms with van der Waals surface area (Å²) in [5.74, 6) is 0.162. The summed E-state index contributed by atoms with van der Waals surface area (Å²) < 4.78 is 0. The Bertz CT molecular complexity index is 540. The molecule has 0 radical (unpaired) electrons. The molecule has 2 aromatic rings. The summed E-state index contributed by atoms with van der Waals surface area (Å²) in [5, 5.41) is 2.75. The van der Waals surface area contributed by atoms with E-state index in [4.69, 9.17) is 11.6 Å². The second-order valence-electron chi connectivity index (χ2n) is 3.53. The number of hydrogen-bond donors (Lipinski definition) is 1. The molecule has 0 fully saturated rings. The highest BCUT2D eigenvalue weighted by atomic mass is 35.5. The number of aromatic nitrogens is 2. The summed E-state index contributed by atoms with van der Waals surface area (Å²) in [6.45, 7) is 1.96. The van der Waals surface area contributed by atoms with Crippen LogP contribution in [-0.2, 0) is 0 Å². The highest BCUT2D eigenvalue weighted by Gasteiger charge is 2.06. The van der Waals surface area contributed by atoms with E-state index in [0.29, 0.717) is 11.4 Å². The van der Waals surface area contributed by atoms with Crippen LogP contribution in [0.5, 0.6) is 0 Å². The van der Waals surface area contributed by atoms with Crippen LogP contribution in [0.15, 0.2) is 36.5 Å². The molecule has 1 aromatic heterocycles. The van der Waals surface area contributed by atoms with Gasteiger partial charge in [0.15, 0.2) is 0 Å². The van der Waals surface area contributed by atoms with Crippen molar-refractivity contribution in [2.45, 2.75) is 6.92 Å². The van der Waals surface area contributed by atoms with Gasteiger partial charge in [-0.25, -0.2) is 9.97 Å². The summed E-state index contributed by atoms with van der Waals surface area (Å²) in [4.78, 5) is 19.4. The fourth-order valence-electron chi connectivity index (χ4n) is 1.30. The van der Waals surface area contributed by atoms with Crippen LogP contribution in [0.4, 0.5) is 5.82 Å². The second-order valence-corrected chi connectivity index (χ2v) is 3.87. The predicted octanol–water partition coefficient (Wildman–Crippen LogP) is 2.69. The molecule has 0 spiro atoms. The van der Waals surface area contributed by atoms with Crippen molar-refractivity contribution >= 4 is 23.3 Å². The zero-order valence-corrected chi connectivity index (χ0v) is 9.90. The van der Waals surface area contributed by atoms with Crippen LogP contribution >= 0.6 is 11.6 Å². The third kappa shape index (κ3) is 3.01. The van der Waals surface area contributed by atoms with Crippen molar-refractivity contribution in [3.63, 3.8) is 0 Å². The van der Waals surface area contributed by atoms with E-state index in [1.54, 1.807) is 18.2 Å². The van der Waals surface area contributed by atoms with E-state index in [-0.39, 0.29) is 11.2 Å². The molecule has 5 heteroatoms. The minimum atomic E-state index is -0.222. The summed E-state index contributed by atoms with van der Waals surface area (Å²) in [7, 11) is 0. The fourth-order valence-corrected chi connectivity index (χ4v) is 1.45. The molecule has 0 aliphatic carbocycles. The van der Waals surface area contributed by atoms with Gasteiger partial charge >= 0.3 is 0 Å². The van der Waals surface area contributed by atoms with E-state index in [2.05, 4.69) is 15.3 Å². The molecule has 0 aliphatic rings. The Balaban J connectivity index is 2.14. The Hall–Kier alpha value is -1.94. The maximum atomic E-state index is 11.8. The number of nitrogens with zero attached hydrogens (tertiary/aromatic N) is 2. The molecule has 0 atom stereocenters. The first-order valence-corrected chi connectivity index (χ1v) is 5.39. The molecule has 17 heavy (non-hydrogen) atoms. The molecule has 0 unspecified atom stereocenters. The Morgan fingerprint density at radius 1 is 1.24 bits per heavy atom. The van der Waals surface area contributed by atoms with Crippen molar-refractivity contribution in [2.75, 3.05) is 5.32 Å². The monoisotopic (exact) mass is 247 g/mol. The average molecular weight is 248 g/mol. The molecule has 1 amide bonds. The van der Waals surface area contributed by atoms with E-state index in [1.807, 2.05) is 19.1 Å². The number of rotatable bonds is 2. The van der Waals surface area contributed by atoms with Gasteiger partial charge in [-0.1, -0.05) is 17.7 Å². The van der Waals surface area contributed by atoms with Gasteiger partial charge in [-0.05, 0) is 36.7 Å². The largest absolute Gasteiger partial charge is 0.306 e. The lowest BCUT2D eigenvalue weighted by Gasteiger charge is -2.04. The first-order chi connectivity index (χ1) is 8.15. The van der Waals surface area contributed by atoms with Crippen molar-refractivity contribution in [3.05, 3.63) is 52.9 Å². The lowest BCUT2D eigenvalue weighted by molar-refractivity contribution is 0.102. The van der Waals surface area contributed by atoms with Crippen LogP contribution < -0.4 is 5.32 Å². The van der Waals surface area contributed by atoms with Crippen molar-refractivity contribution < 1.29 is 4.79 Å². The van der Waals surface area contributed by atoms with E-state index in [1.165, 1.54) is 6.20 Å². The minimum absolute atomic E-state index is 0.103. The molecule has 86 valence electrons. The highest BCUT2D eigenvalue weighted by Crippen LogP contribution is 2.09. The van der Waals surface area contributed by atoms with Crippen LogP contribution in [-0.4, -0.2) is 15.9 Å². The topological polar surface area (TPSA) is 54.9 Å². The summed E-state index contributed by atoms with van der Waals surface area (Å²) >= 11 is 5.62. The number of anilines is 1. The number of nitrogens with one attached hydrogen (secondary N) is 1. The van der Waals surface area contributed by atoms with Gasteiger partial charge in [-0.15, -0.1) is 0 Å². The number of benzene rings is 1. The molecular formula is C12H10ClN3O. The van der Waals surface area contributed by atoms with E-state index in [9.17, 15) is 4.79 Å². The van der Waals surface area contributed by atoms with Gasteiger partial charge in [0.2, 0.25) is 5.28 Å². The third-order valence-electron chi connectivity index (χ3n) is 2.18. The average Bonchev–Trinajstić information content (AvgIpc) is 2.29. The van der Waals surface area contributed by atoms with Crippen molar-refractivity contribution in [1.29, 1.82) is 0 Å². The highest BCUT2D eigenvalue weighted by molar-refractivity contribution is 6.28. The van der Waals surface area contributed by atoms with E-state index >= 15 is 0 Å². The molecule has 1 heterocycles. The number of aryl methyl sites for hydroxylation is 1. The van der Waals surface area contributed by atoms with Gasteiger partial charge in [0, 0.05) is 11.8 Å². The molecule has 0 aliphatic heterocycles. The molecule has 0 saturated carbocycles. The number of amides is 1. The van der Waals surface area contributed by atoms with Crippen LogP contribution in [0.1, 0.15) is 15.9 Å². The standard InChI is InChI=1S/C12H10ClN3O/c1-8-2-4-9(5-3-8)11(17)15-10-6-7-14-12(13)16-10/h2-7H,1H3,(H,14,15,16,17). The van der Waals surface area contributed by atoms with Crippen molar-refractivity contribution in [2.24, 2.45) is 0 Å². The molecule has 0 bridgehead atoms. The first kappa shape index (κ1) is 11.5. The zero-order valence-electron chi connectivity index (χ0n) is 9.14. The lowest BCUT2D eigenvalue weighted by atomic mass is 10.1. The zero-order chi connectivity index (χ0) is 12.3. The van der Waals surface area contributed by atoms with Gasteiger partial charge in [0.25, 0.3) is 5.91 Å². The van der Waals surface area contributed by atoms with Gasteiger partial charge in [-0.3, -0.25) is 4.79 Å². The Morgan fingerprint density at radius 3 is 2.59 bits per heavy atom. The first-order valence-electron chi connectivity index (χ1n) is 5.02. The van der Waals surface area contributed by atoms with Gasteiger partial charge < -0.3 is 5.32 Å². The number of carbonyl (C=O) groups excluding carboxylic acids is 1. The van der Waals surface area contributed by atoms with E-state index in [0.717, 1.165) is 5.56 Å². The molecular weight excluding hydrogens is 238 g/mol. The molecule has 0 saturated heterocycles. The predicted molar refractivity (Wildman–Crippen MR) is 66.2 cm³/mol. The quantitative estimate of drug-likeness (QED) is 0.830. The van der Waals surface area contributed by atoms with Gasteiger partial charge in [-0.2, -0.15) is 0 Å². The molecule has 4 nitrogen and oxygen atoms in total. The summed E-state index contributed by atoms with van der Waals surface area (Å²) in [6.07, 6.45) is 1.49. The molecule has 1 N–H and O–H groups in total. The van der Waals surface area contributed by atoms with Crippen molar-refractivity contribution in [1.82, 2.24) is 9.97 Å². The maximum absolute atomic E-state index is 11.8. The van der Waals surface area contributed by atoms with Crippen LogP contribution in [0.25, 0.3) is 0 Å². The number of carbonyl (C=O) groups is 1. The third-order valence-corrected chi connectivity index (χ3v) is 2.36.